The molecule has 6 nitrogen and oxygen atoms in total. The Morgan fingerprint density at radius 1 is 1.11 bits per heavy atom. The summed E-state index contributed by atoms with van der Waals surface area (Å²) in [4.78, 5) is 12.6. The molecule has 0 bridgehead atoms. The van der Waals surface area contributed by atoms with E-state index < -0.39 is 10.0 Å². The number of sulfonamides is 1. The SMILES string of the molecule is O=C(N/N=C\c1ccc(Cl)cc1Cl)C1CCN(S(=O)(=O)c2ccccc2)CC1. The van der Waals surface area contributed by atoms with Crippen molar-refractivity contribution in [1.29, 1.82) is 0 Å². The molecule has 1 amide bonds. The van der Waals surface area contributed by atoms with Crippen molar-refractivity contribution in [3.63, 3.8) is 0 Å². The van der Waals surface area contributed by atoms with Crippen molar-refractivity contribution >= 4 is 45.3 Å². The van der Waals surface area contributed by atoms with Crippen LogP contribution in [-0.4, -0.2) is 37.9 Å². The van der Waals surface area contributed by atoms with Crippen LogP contribution in [0.3, 0.4) is 0 Å². The summed E-state index contributed by atoms with van der Waals surface area (Å²) in [5.41, 5.74) is 3.13. The zero-order chi connectivity index (χ0) is 20.1. The summed E-state index contributed by atoms with van der Waals surface area (Å²) in [6.07, 6.45) is 2.33. The van der Waals surface area contributed by atoms with Crippen LogP contribution in [0.25, 0.3) is 0 Å². The lowest BCUT2D eigenvalue weighted by Crippen LogP contribution is -2.42. The van der Waals surface area contributed by atoms with E-state index >= 15 is 0 Å². The molecule has 1 aliphatic rings. The van der Waals surface area contributed by atoms with Crippen molar-refractivity contribution in [3.05, 3.63) is 64.1 Å². The number of halogens is 2. The highest BCUT2D eigenvalue weighted by Gasteiger charge is 2.31. The normalized spacial score (nSPS) is 16.4. The lowest BCUT2D eigenvalue weighted by Gasteiger charge is -2.30. The summed E-state index contributed by atoms with van der Waals surface area (Å²) in [6.45, 7) is 0.587. The van der Waals surface area contributed by atoms with Gasteiger partial charge in [-0.3, -0.25) is 4.79 Å². The quantitative estimate of drug-likeness (QED) is 0.571. The van der Waals surface area contributed by atoms with Crippen molar-refractivity contribution in [2.45, 2.75) is 17.7 Å². The van der Waals surface area contributed by atoms with Gasteiger partial charge in [0.25, 0.3) is 0 Å². The molecule has 3 rings (SSSR count). The van der Waals surface area contributed by atoms with E-state index in [2.05, 4.69) is 10.5 Å². The Morgan fingerprint density at radius 3 is 2.43 bits per heavy atom. The number of piperidine rings is 1. The first-order valence-electron chi connectivity index (χ1n) is 8.71. The monoisotopic (exact) mass is 439 g/mol. The van der Waals surface area contributed by atoms with Crippen LogP contribution in [0.5, 0.6) is 0 Å². The van der Waals surface area contributed by atoms with Crippen molar-refractivity contribution in [3.8, 4) is 0 Å². The summed E-state index contributed by atoms with van der Waals surface area (Å²) in [5, 5.41) is 4.89. The average Bonchev–Trinajstić information content (AvgIpc) is 2.70. The molecule has 2 aromatic rings. The maximum atomic E-state index is 12.6. The predicted octanol–water partition coefficient (Wildman–Crippen LogP) is 3.54. The standard InChI is InChI=1S/C19H19Cl2N3O3S/c20-16-7-6-15(18(21)12-16)13-22-23-19(25)14-8-10-24(11-9-14)28(26,27)17-4-2-1-3-5-17/h1-7,12-14H,8-11H2,(H,23,25)/b22-13-. The highest BCUT2D eigenvalue weighted by Crippen LogP contribution is 2.24. The van der Waals surface area contributed by atoms with E-state index in [1.165, 1.54) is 10.5 Å². The van der Waals surface area contributed by atoms with E-state index in [9.17, 15) is 13.2 Å². The number of carbonyl (C=O) groups excluding carboxylic acids is 1. The van der Waals surface area contributed by atoms with Gasteiger partial charge in [0.15, 0.2) is 0 Å². The van der Waals surface area contributed by atoms with Gasteiger partial charge in [-0.05, 0) is 37.1 Å². The van der Waals surface area contributed by atoms with Gasteiger partial charge in [-0.25, -0.2) is 13.8 Å². The van der Waals surface area contributed by atoms with Crippen LogP contribution in [0, 0.1) is 5.92 Å². The van der Waals surface area contributed by atoms with E-state index in [4.69, 9.17) is 23.2 Å². The van der Waals surface area contributed by atoms with Gasteiger partial charge in [0, 0.05) is 29.6 Å². The molecule has 0 spiro atoms. The van der Waals surface area contributed by atoms with Crippen LogP contribution in [0.15, 0.2) is 58.5 Å². The summed E-state index contributed by atoms with van der Waals surface area (Å²) < 4.78 is 26.7. The van der Waals surface area contributed by atoms with Gasteiger partial charge < -0.3 is 0 Å². The molecule has 2 aromatic carbocycles. The number of carbonyl (C=O) groups is 1. The number of benzene rings is 2. The Balaban J connectivity index is 1.54. The molecule has 0 aliphatic carbocycles. The molecular weight excluding hydrogens is 421 g/mol. The molecule has 0 saturated carbocycles. The first kappa shape index (κ1) is 20.8. The van der Waals surface area contributed by atoms with Gasteiger partial charge in [0.05, 0.1) is 16.1 Å². The third kappa shape index (κ3) is 4.91. The van der Waals surface area contributed by atoms with Crippen LogP contribution in [-0.2, 0) is 14.8 Å². The Labute approximate surface area is 174 Å². The Bertz CT molecular complexity index is 973. The van der Waals surface area contributed by atoms with Crippen molar-refractivity contribution in [2.24, 2.45) is 11.0 Å². The zero-order valence-corrected chi connectivity index (χ0v) is 17.2. The molecule has 0 unspecified atom stereocenters. The van der Waals surface area contributed by atoms with Gasteiger partial charge in [0.2, 0.25) is 15.9 Å². The molecule has 0 radical (unpaired) electrons. The highest BCUT2D eigenvalue weighted by atomic mass is 35.5. The van der Waals surface area contributed by atoms with Crippen LogP contribution in [0.2, 0.25) is 10.0 Å². The number of hydrazone groups is 1. The molecule has 1 fully saturated rings. The fourth-order valence-electron chi connectivity index (χ4n) is 2.96. The molecule has 28 heavy (non-hydrogen) atoms. The van der Waals surface area contributed by atoms with E-state index in [0.717, 1.165) is 0 Å². The Kier molecular flexibility index (Phi) is 6.72. The van der Waals surface area contributed by atoms with Gasteiger partial charge in [-0.15, -0.1) is 0 Å². The molecule has 1 heterocycles. The summed E-state index contributed by atoms with van der Waals surface area (Å²) in [5.74, 6) is -0.529. The van der Waals surface area contributed by atoms with E-state index in [-0.39, 0.29) is 16.7 Å². The number of nitrogens with one attached hydrogen (secondary N) is 1. The lowest BCUT2D eigenvalue weighted by atomic mass is 9.98. The first-order valence-corrected chi connectivity index (χ1v) is 10.9. The number of hydrogen-bond acceptors (Lipinski definition) is 4. The number of amides is 1. The topological polar surface area (TPSA) is 78.8 Å². The largest absolute Gasteiger partial charge is 0.273 e. The molecule has 0 aromatic heterocycles. The molecule has 0 atom stereocenters. The molecule has 9 heteroatoms. The van der Waals surface area contributed by atoms with Crippen molar-refractivity contribution in [1.82, 2.24) is 9.73 Å². The minimum atomic E-state index is -3.53. The zero-order valence-electron chi connectivity index (χ0n) is 14.9. The second-order valence-electron chi connectivity index (χ2n) is 6.39. The summed E-state index contributed by atoms with van der Waals surface area (Å²) in [7, 11) is -3.53. The average molecular weight is 440 g/mol. The Hall–Kier alpha value is -1.93. The minimum absolute atomic E-state index is 0.238. The number of hydrogen-bond donors (Lipinski definition) is 1. The highest BCUT2D eigenvalue weighted by molar-refractivity contribution is 7.89. The predicted molar refractivity (Wildman–Crippen MR) is 110 cm³/mol. The maximum Gasteiger partial charge on any atom is 0.243 e. The fourth-order valence-corrected chi connectivity index (χ4v) is 4.91. The van der Waals surface area contributed by atoms with Gasteiger partial charge >= 0.3 is 0 Å². The van der Waals surface area contributed by atoms with Crippen molar-refractivity contribution < 1.29 is 13.2 Å². The van der Waals surface area contributed by atoms with E-state index in [1.54, 1.807) is 48.5 Å². The lowest BCUT2D eigenvalue weighted by molar-refractivity contribution is -0.126. The summed E-state index contributed by atoms with van der Waals surface area (Å²) in [6, 6.07) is 13.3. The van der Waals surface area contributed by atoms with E-state index in [1.807, 2.05) is 0 Å². The molecule has 148 valence electrons. The smallest absolute Gasteiger partial charge is 0.243 e. The fraction of sp³-hybridized carbons (Fsp3) is 0.263. The van der Waals surface area contributed by atoms with Crippen LogP contribution in [0.1, 0.15) is 18.4 Å². The van der Waals surface area contributed by atoms with Gasteiger partial charge in [-0.2, -0.15) is 9.41 Å². The Morgan fingerprint density at radius 2 is 1.79 bits per heavy atom. The minimum Gasteiger partial charge on any atom is -0.273 e. The first-order chi connectivity index (χ1) is 13.4. The summed E-state index contributed by atoms with van der Waals surface area (Å²) >= 11 is 11.9. The number of nitrogens with zero attached hydrogens (tertiary/aromatic N) is 2. The molecular formula is C19H19Cl2N3O3S. The second kappa shape index (κ2) is 9.05. The number of rotatable bonds is 5. The molecule has 1 saturated heterocycles. The van der Waals surface area contributed by atoms with Crippen LogP contribution < -0.4 is 5.43 Å². The third-order valence-corrected chi connectivity index (χ3v) is 7.02. The molecule has 1 N–H and O–H groups in total. The van der Waals surface area contributed by atoms with Crippen LogP contribution >= 0.6 is 23.2 Å². The maximum absolute atomic E-state index is 12.6. The second-order valence-corrected chi connectivity index (χ2v) is 9.17. The molecule has 1 aliphatic heterocycles. The van der Waals surface area contributed by atoms with Gasteiger partial charge in [-0.1, -0.05) is 47.5 Å². The van der Waals surface area contributed by atoms with E-state index in [0.29, 0.717) is 41.5 Å². The van der Waals surface area contributed by atoms with Crippen LogP contribution in [0.4, 0.5) is 0 Å². The van der Waals surface area contributed by atoms with Crippen molar-refractivity contribution in [2.75, 3.05) is 13.1 Å². The third-order valence-electron chi connectivity index (χ3n) is 4.55. The van der Waals surface area contributed by atoms with Gasteiger partial charge in [0.1, 0.15) is 0 Å².